The van der Waals surface area contributed by atoms with Crippen LogP contribution in [0.1, 0.15) is 50.0 Å². The van der Waals surface area contributed by atoms with Gasteiger partial charge in [0, 0.05) is 10.9 Å². The van der Waals surface area contributed by atoms with Gasteiger partial charge in [0.25, 0.3) is 0 Å². The molecule has 0 saturated carbocycles. The third-order valence-electron chi connectivity index (χ3n) is 6.02. The molecular formula is C21H31ClN2O. The molecule has 1 unspecified atom stereocenters. The summed E-state index contributed by atoms with van der Waals surface area (Å²) in [7, 11) is 0. The molecule has 3 heterocycles. The molecule has 0 radical (unpaired) electrons. The smallest absolute Gasteiger partial charge is 0.134 e. The highest BCUT2D eigenvalue weighted by atomic mass is 35.5. The van der Waals surface area contributed by atoms with Crippen LogP contribution in [0.25, 0.3) is 11.0 Å². The lowest BCUT2D eigenvalue weighted by molar-refractivity contribution is 0.202. The van der Waals surface area contributed by atoms with Crippen molar-refractivity contribution in [1.29, 1.82) is 0 Å². The number of furan rings is 1. The molecule has 0 bridgehead atoms. The van der Waals surface area contributed by atoms with Crippen LogP contribution in [-0.2, 0) is 0 Å². The first-order valence-electron chi connectivity index (χ1n) is 9.79. The minimum absolute atomic E-state index is 0. The van der Waals surface area contributed by atoms with Gasteiger partial charge >= 0.3 is 0 Å². The van der Waals surface area contributed by atoms with Crippen LogP contribution in [-0.4, -0.2) is 37.6 Å². The number of rotatable bonds is 5. The summed E-state index contributed by atoms with van der Waals surface area (Å²) in [4.78, 5) is 2.68. The lowest BCUT2D eigenvalue weighted by Gasteiger charge is -2.32. The molecule has 2 saturated heterocycles. The Labute approximate surface area is 157 Å². The molecule has 2 aliphatic rings. The van der Waals surface area contributed by atoms with E-state index in [2.05, 4.69) is 34.5 Å². The molecule has 2 aromatic rings. The summed E-state index contributed by atoms with van der Waals surface area (Å²) in [5.41, 5.74) is 2.47. The van der Waals surface area contributed by atoms with Gasteiger partial charge in [0.2, 0.25) is 0 Å². The maximum atomic E-state index is 5.74. The topological polar surface area (TPSA) is 28.4 Å². The Morgan fingerprint density at radius 2 is 1.96 bits per heavy atom. The van der Waals surface area contributed by atoms with Gasteiger partial charge in [-0.05, 0) is 89.2 Å². The second kappa shape index (κ2) is 9.07. The molecule has 25 heavy (non-hydrogen) atoms. The van der Waals surface area contributed by atoms with Gasteiger partial charge < -0.3 is 14.6 Å². The first kappa shape index (κ1) is 18.8. The van der Waals surface area contributed by atoms with E-state index in [1.807, 2.05) is 6.26 Å². The van der Waals surface area contributed by atoms with E-state index in [-0.39, 0.29) is 12.4 Å². The largest absolute Gasteiger partial charge is 0.464 e. The third kappa shape index (κ3) is 4.58. The Morgan fingerprint density at radius 3 is 2.76 bits per heavy atom. The number of piperidine rings is 2. The van der Waals surface area contributed by atoms with Crippen LogP contribution >= 0.6 is 12.4 Å². The maximum absolute atomic E-state index is 5.74. The van der Waals surface area contributed by atoms with Crippen molar-refractivity contribution in [3.8, 4) is 0 Å². The molecule has 0 spiro atoms. The van der Waals surface area contributed by atoms with Crippen molar-refractivity contribution >= 4 is 23.4 Å². The van der Waals surface area contributed by atoms with Gasteiger partial charge in [0.1, 0.15) is 5.58 Å². The highest BCUT2D eigenvalue weighted by Crippen LogP contribution is 2.34. The summed E-state index contributed by atoms with van der Waals surface area (Å²) in [6.07, 6.45) is 10.1. The van der Waals surface area contributed by atoms with E-state index in [1.54, 1.807) is 0 Å². The predicted molar refractivity (Wildman–Crippen MR) is 107 cm³/mol. The number of halogens is 1. The zero-order valence-corrected chi connectivity index (χ0v) is 15.9. The van der Waals surface area contributed by atoms with Crippen LogP contribution in [0.4, 0.5) is 0 Å². The fourth-order valence-electron chi connectivity index (χ4n) is 4.56. The highest BCUT2D eigenvalue weighted by molar-refractivity contribution is 5.85. The second-order valence-corrected chi connectivity index (χ2v) is 7.66. The van der Waals surface area contributed by atoms with Crippen molar-refractivity contribution in [1.82, 2.24) is 10.2 Å². The van der Waals surface area contributed by atoms with Crippen molar-refractivity contribution in [2.45, 2.75) is 44.4 Å². The number of likely N-dealkylation sites (tertiary alicyclic amines) is 1. The van der Waals surface area contributed by atoms with Crippen LogP contribution < -0.4 is 5.32 Å². The van der Waals surface area contributed by atoms with Crippen molar-refractivity contribution in [2.75, 3.05) is 32.7 Å². The van der Waals surface area contributed by atoms with Gasteiger partial charge in [-0.1, -0.05) is 18.2 Å². The first-order valence-corrected chi connectivity index (χ1v) is 9.79. The second-order valence-electron chi connectivity index (χ2n) is 7.66. The average molecular weight is 363 g/mol. The lowest BCUT2D eigenvalue weighted by atomic mass is 9.89. The van der Waals surface area contributed by atoms with Crippen LogP contribution in [0, 0.1) is 5.92 Å². The Balaban J connectivity index is 0.00000182. The lowest BCUT2D eigenvalue weighted by Crippen LogP contribution is -2.34. The van der Waals surface area contributed by atoms with Crippen molar-refractivity contribution < 1.29 is 4.42 Å². The van der Waals surface area contributed by atoms with E-state index >= 15 is 0 Å². The molecule has 2 aliphatic heterocycles. The van der Waals surface area contributed by atoms with Gasteiger partial charge in [-0.2, -0.15) is 0 Å². The molecule has 1 N–H and O–H groups in total. The van der Waals surface area contributed by atoms with Gasteiger partial charge in [-0.15, -0.1) is 12.4 Å². The maximum Gasteiger partial charge on any atom is 0.134 e. The van der Waals surface area contributed by atoms with Crippen LogP contribution in [0.2, 0.25) is 0 Å². The number of benzene rings is 1. The SMILES string of the molecule is Cl.c1ccc2c(C3CCN(CCCC4CCCNC4)CC3)coc2c1. The van der Waals surface area contributed by atoms with E-state index in [9.17, 15) is 0 Å². The van der Waals surface area contributed by atoms with Gasteiger partial charge in [-0.25, -0.2) is 0 Å². The summed E-state index contributed by atoms with van der Waals surface area (Å²) in [5, 5.41) is 4.86. The molecule has 4 heteroatoms. The Morgan fingerprint density at radius 1 is 1.12 bits per heavy atom. The molecule has 1 aromatic carbocycles. The zero-order valence-electron chi connectivity index (χ0n) is 15.1. The number of nitrogens with zero attached hydrogens (tertiary/aromatic N) is 1. The minimum atomic E-state index is 0. The number of para-hydroxylation sites is 1. The monoisotopic (exact) mass is 362 g/mol. The predicted octanol–water partition coefficient (Wildman–Crippen LogP) is 4.81. The number of nitrogens with one attached hydrogen (secondary N) is 1. The Bertz CT molecular complexity index is 642. The van der Waals surface area contributed by atoms with Crippen LogP contribution in [0.5, 0.6) is 0 Å². The summed E-state index contributed by atoms with van der Waals surface area (Å²) in [6.45, 7) is 6.25. The van der Waals surface area contributed by atoms with E-state index in [0.717, 1.165) is 11.5 Å². The fourth-order valence-corrected chi connectivity index (χ4v) is 4.56. The number of fused-ring (bicyclic) bond motifs is 1. The van der Waals surface area contributed by atoms with Crippen LogP contribution in [0.15, 0.2) is 34.9 Å². The Kier molecular flexibility index (Phi) is 6.80. The van der Waals surface area contributed by atoms with Gasteiger partial charge in [-0.3, -0.25) is 0 Å². The van der Waals surface area contributed by atoms with Crippen molar-refractivity contribution in [3.05, 3.63) is 36.1 Å². The molecule has 2 fully saturated rings. The summed E-state index contributed by atoms with van der Waals surface area (Å²) >= 11 is 0. The fraction of sp³-hybridized carbons (Fsp3) is 0.619. The molecule has 4 rings (SSSR count). The highest BCUT2D eigenvalue weighted by Gasteiger charge is 2.23. The number of hydrogen-bond acceptors (Lipinski definition) is 3. The summed E-state index contributed by atoms with van der Waals surface area (Å²) in [6, 6.07) is 8.46. The Hall–Kier alpha value is -1.03. The van der Waals surface area contributed by atoms with Gasteiger partial charge in [0.05, 0.1) is 6.26 Å². The van der Waals surface area contributed by atoms with Crippen molar-refractivity contribution in [3.63, 3.8) is 0 Å². The van der Waals surface area contributed by atoms with E-state index in [0.29, 0.717) is 5.92 Å². The van der Waals surface area contributed by atoms with E-state index < -0.39 is 0 Å². The third-order valence-corrected chi connectivity index (χ3v) is 6.02. The zero-order chi connectivity index (χ0) is 16.2. The minimum Gasteiger partial charge on any atom is -0.464 e. The molecule has 0 aliphatic carbocycles. The molecule has 0 amide bonds. The summed E-state index contributed by atoms with van der Waals surface area (Å²) in [5.74, 6) is 1.60. The van der Waals surface area contributed by atoms with E-state index in [1.165, 1.54) is 82.2 Å². The average Bonchev–Trinajstić information content (AvgIpc) is 3.07. The van der Waals surface area contributed by atoms with Crippen LogP contribution in [0.3, 0.4) is 0 Å². The molecular weight excluding hydrogens is 332 g/mol. The molecule has 3 nitrogen and oxygen atoms in total. The normalized spacial score (nSPS) is 22.8. The standard InChI is InChI=1S/C21H30N2O.ClH/c1-2-8-21-19(7-1)20(16-24-21)18-9-13-23(14-10-18)12-4-6-17-5-3-11-22-15-17;/h1-2,7-8,16-18,22H,3-6,9-15H2;1H. The quantitative estimate of drug-likeness (QED) is 0.827. The molecule has 1 aromatic heterocycles. The first-order chi connectivity index (χ1) is 11.9. The van der Waals surface area contributed by atoms with E-state index in [4.69, 9.17) is 4.42 Å². The molecule has 138 valence electrons. The van der Waals surface area contributed by atoms with Gasteiger partial charge in [0.15, 0.2) is 0 Å². The molecule has 1 atom stereocenters. The number of hydrogen-bond donors (Lipinski definition) is 1. The summed E-state index contributed by atoms with van der Waals surface area (Å²) < 4.78 is 5.74. The van der Waals surface area contributed by atoms with Crippen molar-refractivity contribution in [2.24, 2.45) is 5.92 Å².